The van der Waals surface area contributed by atoms with Crippen molar-refractivity contribution in [3.05, 3.63) is 59.7 Å². The first-order valence-electron chi connectivity index (χ1n) is 6.84. The van der Waals surface area contributed by atoms with E-state index in [1.54, 1.807) is 0 Å². The summed E-state index contributed by atoms with van der Waals surface area (Å²) in [5.41, 5.74) is 2.99. The Morgan fingerprint density at radius 1 is 0.947 bits per heavy atom. The van der Waals surface area contributed by atoms with Crippen LogP contribution in [0.3, 0.4) is 0 Å². The Kier molecular flexibility index (Phi) is 4.09. The van der Waals surface area contributed by atoms with Crippen LogP contribution < -0.4 is 4.74 Å². The maximum Gasteiger partial charge on any atom is 0.119 e. The van der Waals surface area contributed by atoms with E-state index in [9.17, 15) is 0 Å². The monoisotopic (exact) mass is 270 g/mol. The largest absolute Gasteiger partial charge is 0.493 e. The molecule has 3 rings (SSSR count). The third-order valence-electron chi connectivity index (χ3n) is 3.43. The molecule has 0 amide bonds. The predicted molar refractivity (Wildman–Crippen MR) is 81.1 cm³/mol. The molecule has 98 valence electrons. The van der Waals surface area contributed by atoms with E-state index < -0.39 is 0 Å². The summed E-state index contributed by atoms with van der Waals surface area (Å²) in [7, 11) is 0. The van der Waals surface area contributed by atoms with Crippen molar-refractivity contribution in [2.45, 2.75) is 24.2 Å². The highest BCUT2D eigenvalue weighted by molar-refractivity contribution is 7.99. The summed E-state index contributed by atoms with van der Waals surface area (Å²) < 4.78 is 5.83. The lowest BCUT2D eigenvalue weighted by atomic mass is 10.1. The SMILES string of the molecule is c1ccc(SCCOc2ccc3c(c2)CCC3)cc1. The van der Waals surface area contributed by atoms with Crippen molar-refractivity contribution in [3.8, 4) is 5.75 Å². The Morgan fingerprint density at radius 2 is 1.79 bits per heavy atom. The zero-order valence-electron chi connectivity index (χ0n) is 11.0. The molecule has 0 heterocycles. The van der Waals surface area contributed by atoms with E-state index in [-0.39, 0.29) is 0 Å². The molecule has 0 N–H and O–H groups in total. The summed E-state index contributed by atoms with van der Waals surface area (Å²) >= 11 is 1.84. The third-order valence-corrected chi connectivity index (χ3v) is 4.41. The van der Waals surface area contributed by atoms with Crippen LogP contribution in [0, 0.1) is 0 Å². The van der Waals surface area contributed by atoms with Gasteiger partial charge >= 0.3 is 0 Å². The first-order valence-corrected chi connectivity index (χ1v) is 7.83. The summed E-state index contributed by atoms with van der Waals surface area (Å²) in [5.74, 6) is 2.01. The number of thioether (sulfide) groups is 1. The van der Waals surface area contributed by atoms with Gasteiger partial charge in [-0.15, -0.1) is 11.8 Å². The lowest BCUT2D eigenvalue weighted by Crippen LogP contribution is -2.00. The molecule has 2 heteroatoms. The zero-order valence-corrected chi connectivity index (χ0v) is 11.8. The van der Waals surface area contributed by atoms with Crippen LogP contribution in [0.15, 0.2) is 53.4 Å². The second-order valence-corrected chi connectivity index (χ2v) is 5.96. The number of hydrogen-bond acceptors (Lipinski definition) is 2. The molecule has 1 aliphatic carbocycles. The van der Waals surface area contributed by atoms with Crippen molar-refractivity contribution in [1.82, 2.24) is 0 Å². The molecule has 0 fully saturated rings. The summed E-state index contributed by atoms with van der Waals surface area (Å²) in [6.07, 6.45) is 3.74. The van der Waals surface area contributed by atoms with Crippen LogP contribution in [0.2, 0.25) is 0 Å². The van der Waals surface area contributed by atoms with Crippen LogP contribution in [-0.2, 0) is 12.8 Å². The summed E-state index contributed by atoms with van der Waals surface area (Å²) in [5, 5.41) is 0. The summed E-state index contributed by atoms with van der Waals surface area (Å²) in [6.45, 7) is 0.762. The molecule has 0 atom stereocenters. The van der Waals surface area contributed by atoms with Crippen LogP contribution in [-0.4, -0.2) is 12.4 Å². The third kappa shape index (κ3) is 3.32. The molecule has 0 saturated heterocycles. The average Bonchev–Trinajstić information content (AvgIpc) is 2.92. The van der Waals surface area contributed by atoms with Crippen molar-refractivity contribution in [1.29, 1.82) is 0 Å². The molecular formula is C17H18OS. The number of benzene rings is 2. The quantitative estimate of drug-likeness (QED) is 0.590. The van der Waals surface area contributed by atoms with E-state index in [1.807, 2.05) is 17.8 Å². The zero-order chi connectivity index (χ0) is 12.9. The van der Waals surface area contributed by atoms with Gasteiger partial charge < -0.3 is 4.74 Å². The first-order chi connectivity index (χ1) is 9.42. The number of ether oxygens (including phenoxy) is 1. The highest BCUT2D eigenvalue weighted by Gasteiger charge is 2.10. The van der Waals surface area contributed by atoms with Crippen LogP contribution in [0.1, 0.15) is 17.5 Å². The highest BCUT2D eigenvalue weighted by atomic mass is 32.2. The van der Waals surface area contributed by atoms with Gasteiger partial charge in [0.05, 0.1) is 6.61 Å². The van der Waals surface area contributed by atoms with E-state index in [4.69, 9.17) is 4.74 Å². The van der Waals surface area contributed by atoms with Crippen molar-refractivity contribution < 1.29 is 4.74 Å². The number of fused-ring (bicyclic) bond motifs is 1. The average molecular weight is 270 g/mol. The molecule has 1 nitrogen and oxygen atoms in total. The van der Waals surface area contributed by atoms with Crippen molar-refractivity contribution in [2.75, 3.05) is 12.4 Å². The Morgan fingerprint density at radius 3 is 2.68 bits per heavy atom. The van der Waals surface area contributed by atoms with Gasteiger partial charge in [0.15, 0.2) is 0 Å². The molecule has 1 aliphatic rings. The minimum atomic E-state index is 0.762. The number of hydrogen-bond donors (Lipinski definition) is 0. The van der Waals surface area contributed by atoms with Gasteiger partial charge in [0, 0.05) is 10.6 Å². The standard InChI is InChI=1S/C17H18OS/c1-2-7-17(8-3-1)19-12-11-18-16-10-9-14-5-4-6-15(14)13-16/h1-3,7-10,13H,4-6,11-12H2. The van der Waals surface area contributed by atoms with Crippen molar-refractivity contribution in [3.63, 3.8) is 0 Å². The lowest BCUT2D eigenvalue weighted by Gasteiger charge is -2.08. The van der Waals surface area contributed by atoms with Gasteiger partial charge in [-0.2, -0.15) is 0 Å². The maximum atomic E-state index is 5.83. The van der Waals surface area contributed by atoms with Gasteiger partial charge in [0.2, 0.25) is 0 Å². The fraction of sp³-hybridized carbons (Fsp3) is 0.294. The van der Waals surface area contributed by atoms with E-state index in [2.05, 4.69) is 42.5 Å². The van der Waals surface area contributed by atoms with Gasteiger partial charge in [-0.25, -0.2) is 0 Å². The first kappa shape index (κ1) is 12.6. The molecule has 2 aromatic rings. The van der Waals surface area contributed by atoms with Crippen LogP contribution in [0.25, 0.3) is 0 Å². The van der Waals surface area contributed by atoms with Crippen molar-refractivity contribution >= 4 is 11.8 Å². The van der Waals surface area contributed by atoms with Gasteiger partial charge in [0.1, 0.15) is 5.75 Å². The minimum absolute atomic E-state index is 0.762. The van der Waals surface area contributed by atoms with Gasteiger partial charge in [0.25, 0.3) is 0 Å². The fourth-order valence-corrected chi connectivity index (χ4v) is 3.23. The van der Waals surface area contributed by atoms with Crippen molar-refractivity contribution in [2.24, 2.45) is 0 Å². The summed E-state index contributed by atoms with van der Waals surface area (Å²) in [6, 6.07) is 17.0. The molecule has 0 bridgehead atoms. The van der Waals surface area contributed by atoms with E-state index in [0.717, 1.165) is 18.1 Å². The van der Waals surface area contributed by atoms with Gasteiger partial charge in [-0.05, 0) is 54.7 Å². The van der Waals surface area contributed by atoms with E-state index >= 15 is 0 Å². The van der Waals surface area contributed by atoms with E-state index in [0.29, 0.717) is 0 Å². The molecule has 0 saturated carbocycles. The lowest BCUT2D eigenvalue weighted by molar-refractivity contribution is 0.343. The molecule has 19 heavy (non-hydrogen) atoms. The fourth-order valence-electron chi connectivity index (χ4n) is 2.47. The van der Waals surface area contributed by atoms with Crippen LogP contribution in [0.4, 0.5) is 0 Å². The Bertz CT molecular complexity index is 536. The molecule has 0 spiro atoms. The Balaban J connectivity index is 1.48. The summed E-state index contributed by atoms with van der Waals surface area (Å²) in [4.78, 5) is 1.31. The molecule has 0 aliphatic heterocycles. The molecule has 2 aromatic carbocycles. The van der Waals surface area contributed by atoms with Gasteiger partial charge in [-0.1, -0.05) is 24.3 Å². The second-order valence-electron chi connectivity index (χ2n) is 4.79. The number of rotatable bonds is 5. The molecular weight excluding hydrogens is 252 g/mol. The Labute approximate surface area is 119 Å². The molecule has 0 aromatic heterocycles. The number of aryl methyl sites for hydroxylation is 2. The normalized spacial score (nSPS) is 13.3. The highest BCUT2D eigenvalue weighted by Crippen LogP contribution is 2.26. The molecule has 0 unspecified atom stereocenters. The maximum absolute atomic E-state index is 5.83. The van der Waals surface area contributed by atoms with Crippen LogP contribution >= 0.6 is 11.8 Å². The Hall–Kier alpha value is -1.41. The smallest absolute Gasteiger partial charge is 0.119 e. The molecule has 0 radical (unpaired) electrons. The minimum Gasteiger partial charge on any atom is -0.493 e. The van der Waals surface area contributed by atoms with E-state index in [1.165, 1.54) is 35.3 Å². The topological polar surface area (TPSA) is 9.23 Å². The van der Waals surface area contributed by atoms with Crippen LogP contribution in [0.5, 0.6) is 5.75 Å². The van der Waals surface area contributed by atoms with Gasteiger partial charge in [-0.3, -0.25) is 0 Å². The predicted octanol–water partition coefficient (Wildman–Crippen LogP) is 4.35. The second kappa shape index (κ2) is 6.16.